The lowest BCUT2D eigenvalue weighted by Gasteiger charge is -2.23. The molecule has 1 amide bonds. The van der Waals surface area contributed by atoms with Crippen LogP contribution in [-0.2, 0) is 17.3 Å². The minimum atomic E-state index is -3.80. The van der Waals surface area contributed by atoms with E-state index in [0.29, 0.717) is 11.1 Å². The molecule has 1 heterocycles. The van der Waals surface area contributed by atoms with Crippen molar-refractivity contribution in [3.63, 3.8) is 0 Å². The Kier molecular flexibility index (Phi) is 7.32. The van der Waals surface area contributed by atoms with Crippen molar-refractivity contribution in [3.05, 3.63) is 74.8 Å². The number of amides is 1. The van der Waals surface area contributed by atoms with E-state index >= 15 is 0 Å². The number of nitrogens with zero attached hydrogens (tertiary/aromatic N) is 1. The van der Waals surface area contributed by atoms with Crippen LogP contribution in [0.3, 0.4) is 0 Å². The zero-order valence-electron chi connectivity index (χ0n) is 22.7. The van der Waals surface area contributed by atoms with Crippen molar-refractivity contribution in [1.82, 2.24) is 14.6 Å². The summed E-state index contributed by atoms with van der Waals surface area (Å²) in [5.74, 6) is -0.646. The Bertz CT molecular complexity index is 1660. The Morgan fingerprint density at radius 1 is 1.07 bits per heavy atom. The molecule has 0 aliphatic heterocycles. The van der Waals surface area contributed by atoms with E-state index in [9.17, 15) is 22.4 Å². The molecule has 2 aliphatic rings. The molecule has 12 heteroatoms. The highest BCUT2D eigenvalue weighted by molar-refractivity contribution is 7.90. The molecule has 0 saturated heterocycles. The Labute approximate surface area is 232 Å². The summed E-state index contributed by atoms with van der Waals surface area (Å²) >= 11 is 0. The molecule has 5 rings (SSSR count). The number of aryl methyl sites for hydroxylation is 1. The van der Waals surface area contributed by atoms with Gasteiger partial charge in [-0.3, -0.25) is 18.9 Å². The smallest absolute Gasteiger partial charge is 0.298 e. The lowest BCUT2D eigenvalue weighted by molar-refractivity contribution is 0.0948. The largest absolute Gasteiger partial charge is 0.456 e. The van der Waals surface area contributed by atoms with Crippen molar-refractivity contribution >= 4 is 33.3 Å². The maximum Gasteiger partial charge on any atom is 0.298 e. The summed E-state index contributed by atoms with van der Waals surface area (Å²) in [4.78, 5) is 27.5. The molecule has 0 radical (unpaired) electrons. The van der Waals surface area contributed by atoms with Gasteiger partial charge in [0.15, 0.2) is 5.75 Å². The molecule has 2 aliphatic carbocycles. The molecule has 0 unspecified atom stereocenters. The van der Waals surface area contributed by atoms with Gasteiger partial charge in [-0.2, -0.15) is 8.42 Å². The van der Waals surface area contributed by atoms with Crippen molar-refractivity contribution in [2.24, 2.45) is 7.05 Å². The second kappa shape index (κ2) is 10.6. The monoisotopic (exact) mass is 569 g/mol. The maximum atomic E-state index is 14.9. The van der Waals surface area contributed by atoms with Crippen molar-refractivity contribution in [2.45, 2.75) is 51.5 Å². The van der Waals surface area contributed by atoms with Gasteiger partial charge in [0.2, 0.25) is 0 Å². The van der Waals surface area contributed by atoms with E-state index in [-0.39, 0.29) is 51.8 Å². The Balaban J connectivity index is 1.69. The zero-order valence-corrected chi connectivity index (χ0v) is 23.5. The molecule has 0 spiro atoms. The van der Waals surface area contributed by atoms with Crippen LogP contribution in [0.2, 0.25) is 0 Å². The maximum absolute atomic E-state index is 14.9. The number of pyridine rings is 1. The fraction of sp³-hybridized carbons (Fsp3) is 0.357. The second-order valence-corrected chi connectivity index (χ2v) is 11.9. The highest BCUT2D eigenvalue weighted by Crippen LogP contribution is 2.47. The Hall–Kier alpha value is -3.90. The molecule has 10 nitrogen and oxygen atoms in total. The molecule has 3 aromatic rings. The van der Waals surface area contributed by atoms with Gasteiger partial charge in [0.1, 0.15) is 22.9 Å². The minimum Gasteiger partial charge on any atom is -0.456 e. The molecule has 40 heavy (non-hydrogen) atoms. The van der Waals surface area contributed by atoms with E-state index in [1.165, 1.54) is 17.7 Å². The highest BCUT2D eigenvalue weighted by atomic mass is 32.2. The standard InChI is InChI=1S/C28H32FN5O5S/c1-15-8-13-21(19(29)14-15)32-26-24(27(35)31-18-11-12-18)25(23(17-9-10-17)28(36)34(26)4)39-22-7-5-6-20(16(22)2)33-40(37,38)30-3/h5-8,13-14,17-18,30,32-33H,9-12H2,1-4H3,(H,31,35). The van der Waals surface area contributed by atoms with Gasteiger partial charge in [-0.25, -0.2) is 9.11 Å². The molecular formula is C28H32FN5O5S. The summed E-state index contributed by atoms with van der Waals surface area (Å²) in [7, 11) is -0.976. The first-order valence-corrected chi connectivity index (χ1v) is 14.6. The van der Waals surface area contributed by atoms with Gasteiger partial charge < -0.3 is 15.4 Å². The van der Waals surface area contributed by atoms with Crippen LogP contribution in [0.25, 0.3) is 0 Å². The number of ether oxygens (including phenoxy) is 1. The van der Waals surface area contributed by atoms with Gasteiger partial charge in [-0.05, 0) is 75.3 Å². The molecule has 0 atom stereocenters. The number of carbonyl (C=O) groups excluding carboxylic acids is 1. The van der Waals surface area contributed by atoms with E-state index in [1.807, 2.05) is 0 Å². The highest BCUT2D eigenvalue weighted by Gasteiger charge is 2.37. The normalized spacial score (nSPS) is 15.0. The van der Waals surface area contributed by atoms with Crippen LogP contribution in [0.15, 0.2) is 41.2 Å². The van der Waals surface area contributed by atoms with Crippen LogP contribution >= 0.6 is 0 Å². The summed E-state index contributed by atoms with van der Waals surface area (Å²) in [6.45, 7) is 3.44. The third-order valence-electron chi connectivity index (χ3n) is 7.09. The Morgan fingerprint density at radius 3 is 2.42 bits per heavy atom. The van der Waals surface area contributed by atoms with E-state index in [1.54, 1.807) is 51.2 Å². The summed E-state index contributed by atoms with van der Waals surface area (Å²) in [5, 5.41) is 5.95. The van der Waals surface area contributed by atoms with Crippen LogP contribution in [0.4, 0.5) is 21.6 Å². The topological polar surface area (TPSA) is 131 Å². The van der Waals surface area contributed by atoms with Gasteiger partial charge in [0.05, 0.1) is 16.9 Å². The first-order chi connectivity index (χ1) is 19.0. The summed E-state index contributed by atoms with van der Waals surface area (Å²) in [6, 6.07) is 9.47. The molecule has 0 bridgehead atoms. The summed E-state index contributed by atoms with van der Waals surface area (Å²) in [6.07, 6.45) is 3.20. The third kappa shape index (κ3) is 5.68. The average molecular weight is 570 g/mol. The molecule has 2 saturated carbocycles. The molecular weight excluding hydrogens is 537 g/mol. The number of benzene rings is 2. The number of anilines is 3. The number of hydrogen-bond acceptors (Lipinski definition) is 6. The zero-order chi connectivity index (χ0) is 28.8. The second-order valence-electron chi connectivity index (χ2n) is 10.3. The predicted molar refractivity (Wildman–Crippen MR) is 151 cm³/mol. The van der Waals surface area contributed by atoms with Crippen LogP contribution in [0.5, 0.6) is 11.5 Å². The Morgan fingerprint density at radius 2 is 1.80 bits per heavy atom. The predicted octanol–water partition coefficient (Wildman–Crippen LogP) is 4.32. The SMILES string of the molecule is CNS(=O)(=O)Nc1cccc(Oc2c(C(=O)NC3CC3)c(Nc3ccc(C)cc3F)n(C)c(=O)c2C2CC2)c1C. The quantitative estimate of drug-likeness (QED) is 0.288. The van der Waals surface area contributed by atoms with Gasteiger partial charge >= 0.3 is 0 Å². The van der Waals surface area contributed by atoms with Gasteiger partial charge in [0.25, 0.3) is 21.7 Å². The summed E-state index contributed by atoms with van der Waals surface area (Å²) in [5.41, 5.74) is 1.63. The van der Waals surface area contributed by atoms with E-state index in [2.05, 4.69) is 20.1 Å². The van der Waals surface area contributed by atoms with Crippen molar-refractivity contribution < 1.29 is 22.3 Å². The van der Waals surface area contributed by atoms with Crippen molar-refractivity contribution in [1.29, 1.82) is 0 Å². The van der Waals surface area contributed by atoms with E-state index in [0.717, 1.165) is 31.2 Å². The number of carbonyl (C=O) groups is 1. The molecule has 4 N–H and O–H groups in total. The van der Waals surface area contributed by atoms with Gasteiger partial charge in [0, 0.05) is 25.7 Å². The van der Waals surface area contributed by atoms with Crippen LogP contribution in [0.1, 0.15) is 58.6 Å². The average Bonchev–Trinajstić information content (AvgIpc) is 3.83. The minimum absolute atomic E-state index is 0.00642. The fourth-order valence-electron chi connectivity index (χ4n) is 4.46. The van der Waals surface area contributed by atoms with Crippen molar-refractivity contribution in [2.75, 3.05) is 17.1 Å². The first-order valence-electron chi connectivity index (χ1n) is 13.1. The lowest BCUT2D eigenvalue weighted by atomic mass is 10.0. The van der Waals surface area contributed by atoms with E-state index in [4.69, 9.17) is 4.74 Å². The van der Waals surface area contributed by atoms with Crippen molar-refractivity contribution in [3.8, 4) is 11.5 Å². The van der Waals surface area contributed by atoms with Gasteiger partial charge in [-0.15, -0.1) is 0 Å². The number of rotatable bonds is 10. The molecule has 2 aromatic carbocycles. The van der Waals surface area contributed by atoms with E-state index < -0.39 is 21.9 Å². The lowest BCUT2D eigenvalue weighted by Crippen LogP contribution is -2.32. The van der Waals surface area contributed by atoms with Crippen LogP contribution < -0.4 is 30.4 Å². The van der Waals surface area contributed by atoms with Crippen LogP contribution in [-0.4, -0.2) is 32.0 Å². The number of hydrogen-bond donors (Lipinski definition) is 4. The molecule has 1 aromatic heterocycles. The fourth-order valence-corrected chi connectivity index (χ4v) is 5.07. The summed E-state index contributed by atoms with van der Waals surface area (Å²) < 4.78 is 51.5. The molecule has 212 valence electrons. The number of halogens is 1. The van der Waals surface area contributed by atoms with Gasteiger partial charge in [-0.1, -0.05) is 12.1 Å². The molecule has 2 fully saturated rings. The first kappa shape index (κ1) is 27.7. The van der Waals surface area contributed by atoms with Crippen LogP contribution in [0, 0.1) is 19.7 Å². The number of nitrogens with one attached hydrogen (secondary N) is 4. The number of aromatic nitrogens is 1. The third-order valence-corrected chi connectivity index (χ3v) is 8.12.